The Morgan fingerprint density at radius 1 is 1.03 bits per heavy atom. The summed E-state index contributed by atoms with van der Waals surface area (Å²) in [5, 5.41) is 3.83. The molecule has 0 atom stereocenters. The van der Waals surface area contributed by atoms with Crippen molar-refractivity contribution in [1.29, 1.82) is 0 Å². The Labute approximate surface area is 183 Å². The lowest BCUT2D eigenvalue weighted by Crippen LogP contribution is -2.25. The molecular formula is C25H19ClN2O3. The second-order valence-electron chi connectivity index (χ2n) is 7.49. The number of pyridine rings is 1. The van der Waals surface area contributed by atoms with Crippen LogP contribution in [0.4, 0.5) is 5.69 Å². The smallest absolute Gasteiger partial charge is 0.261 e. The number of aryl methyl sites for hydroxylation is 2. The Kier molecular flexibility index (Phi) is 4.96. The summed E-state index contributed by atoms with van der Waals surface area (Å²) in [6.45, 7) is 0.771. The zero-order valence-electron chi connectivity index (χ0n) is 16.6. The first-order valence-electron chi connectivity index (χ1n) is 10.1. The van der Waals surface area contributed by atoms with E-state index in [1.807, 2.05) is 47.0 Å². The minimum atomic E-state index is -0.494. The second kappa shape index (κ2) is 7.93. The van der Waals surface area contributed by atoms with Crippen LogP contribution in [-0.2, 0) is 13.0 Å². The molecule has 0 radical (unpaired) electrons. The molecule has 154 valence electrons. The Hall–Kier alpha value is -3.57. The molecule has 2 heterocycles. The number of rotatable bonds is 4. The van der Waals surface area contributed by atoms with Gasteiger partial charge in [0.1, 0.15) is 11.3 Å². The summed E-state index contributed by atoms with van der Waals surface area (Å²) in [6, 6.07) is 19.9. The van der Waals surface area contributed by atoms with Gasteiger partial charge in [-0.05, 0) is 54.8 Å². The minimum Gasteiger partial charge on any atom is -0.455 e. The summed E-state index contributed by atoms with van der Waals surface area (Å²) >= 11 is 6.16. The Balaban J connectivity index is 1.53. The molecule has 1 N–H and O–H groups in total. The fraction of sp³-hybridized carbons (Fsp3) is 0.120. The van der Waals surface area contributed by atoms with E-state index in [0.29, 0.717) is 27.6 Å². The van der Waals surface area contributed by atoms with Gasteiger partial charge in [-0.25, -0.2) is 0 Å². The number of para-hydroxylation sites is 2. The maximum Gasteiger partial charge on any atom is 0.261 e. The lowest BCUT2D eigenvalue weighted by Gasteiger charge is -2.20. The van der Waals surface area contributed by atoms with E-state index in [1.165, 1.54) is 0 Å². The summed E-state index contributed by atoms with van der Waals surface area (Å²) in [6.07, 6.45) is 3.56. The van der Waals surface area contributed by atoms with Crippen LogP contribution >= 0.6 is 11.6 Å². The van der Waals surface area contributed by atoms with Crippen LogP contribution in [0.15, 0.2) is 77.7 Å². The molecule has 1 aliphatic heterocycles. The quantitative estimate of drug-likeness (QED) is 0.455. The van der Waals surface area contributed by atoms with Crippen LogP contribution in [0.3, 0.4) is 0 Å². The molecule has 5 nitrogen and oxygen atoms in total. The Morgan fingerprint density at radius 3 is 2.71 bits per heavy atom. The highest BCUT2D eigenvalue weighted by molar-refractivity contribution is 6.31. The average Bonchev–Trinajstić information content (AvgIpc) is 2.78. The Bertz CT molecular complexity index is 1360. The third-order valence-electron chi connectivity index (χ3n) is 5.43. The van der Waals surface area contributed by atoms with Gasteiger partial charge in [-0.2, -0.15) is 0 Å². The fourth-order valence-corrected chi connectivity index (χ4v) is 4.18. The number of hydrogen-bond donors (Lipinski definition) is 1. The van der Waals surface area contributed by atoms with E-state index < -0.39 is 5.91 Å². The number of nitrogens with zero attached hydrogens (tertiary/aromatic N) is 1. The third-order valence-corrected chi connectivity index (χ3v) is 5.67. The Morgan fingerprint density at radius 2 is 1.87 bits per heavy atom. The van der Waals surface area contributed by atoms with E-state index >= 15 is 0 Å². The highest BCUT2D eigenvalue weighted by Gasteiger charge is 2.20. The van der Waals surface area contributed by atoms with Crippen LogP contribution in [-0.4, -0.2) is 10.5 Å². The number of aromatic nitrogens is 1. The number of anilines is 1. The molecule has 0 saturated carbocycles. The lowest BCUT2D eigenvalue weighted by molar-refractivity contribution is 0.102. The molecule has 1 amide bonds. The maximum atomic E-state index is 13.1. The van der Waals surface area contributed by atoms with Crippen molar-refractivity contribution >= 4 is 34.1 Å². The summed E-state index contributed by atoms with van der Waals surface area (Å²) in [4.78, 5) is 26.3. The monoisotopic (exact) mass is 430 g/mol. The number of amides is 1. The average molecular weight is 431 g/mol. The van der Waals surface area contributed by atoms with E-state index in [-0.39, 0.29) is 11.0 Å². The van der Waals surface area contributed by atoms with Gasteiger partial charge >= 0.3 is 0 Å². The van der Waals surface area contributed by atoms with Crippen molar-refractivity contribution in [1.82, 2.24) is 4.57 Å². The molecule has 1 aliphatic rings. The van der Waals surface area contributed by atoms with E-state index in [0.717, 1.165) is 30.5 Å². The highest BCUT2D eigenvalue weighted by Crippen LogP contribution is 2.32. The van der Waals surface area contributed by atoms with E-state index in [2.05, 4.69) is 5.32 Å². The number of carbonyl (C=O) groups excluding carboxylic acids is 1. The van der Waals surface area contributed by atoms with Gasteiger partial charge in [0.15, 0.2) is 5.75 Å². The van der Waals surface area contributed by atoms with E-state index in [9.17, 15) is 9.59 Å². The minimum absolute atomic E-state index is 0.0946. The third kappa shape index (κ3) is 3.68. The molecule has 31 heavy (non-hydrogen) atoms. The zero-order chi connectivity index (χ0) is 21.4. The number of hydrogen-bond acceptors (Lipinski definition) is 3. The first-order valence-corrected chi connectivity index (χ1v) is 10.5. The van der Waals surface area contributed by atoms with E-state index in [1.54, 1.807) is 30.5 Å². The first kappa shape index (κ1) is 19.4. The van der Waals surface area contributed by atoms with E-state index in [4.69, 9.17) is 16.3 Å². The molecule has 0 saturated heterocycles. The SMILES string of the molecule is O=C(Nc1cc(Cl)ccc1Oc1ccccc1)c1cn2c3c(cccc3c1=O)CCC2. The van der Waals surface area contributed by atoms with Crippen molar-refractivity contribution < 1.29 is 9.53 Å². The first-order chi connectivity index (χ1) is 15.1. The van der Waals surface area contributed by atoms with Crippen LogP contribution in [0.1, 0.15) is 22.3 Å². The lowest BCUT2D eigenvalue weighted by atomic mass is 9.99. The fourth-order valence-electron chi connectivity index (χ4n) is 4.01. The van der Waals surface area contributed by atoms with Gasteiger partial charge in [0, 0.05) is 23.2 Å². The molecule has 3 aromatic carbocycles. The number of carbonyl (C=O) groups is 1. The largest absolute Gasteiger partial charge is 0.455 e. The number of benzene rings is 3. The summed E-state index contributed by atoms with van der Waals surface area (Å²) in [5.74, 6) is 0.573. The zero-order valence-corrected chi connectivity index (χ0v) is 17.4. The number of ether oxygens (including phenoxy) is 1. The number of nitrogens with one attached hydrogen (secondary N) is 1. The van der Waals surface area contributed by atoms with Crippen molar-refractivity contribution in [2.45, 2.75) is 19.4 Å². The summed E-state index contributed by atoms with van der Waals surface area (Å²) in [5.41, 5.74) is 2.28. The summed E-state index contributed by atoms with van der Waals surface area (Å²) < 4.78 is 7.92. The molecular weight excluding hydrogens is 412 g/mol. The van der Waals surface area contributed by atoms with Crippen molar-refractivity contribution in [2.75, 3.05) is 5.32 Å². The highest BCUT2D eigenvalue weighted by atomic mass is 35.5. The van der Waals surface area contributed by atoms with Gasteiger partial charge in [0.25, 0.3) is 5.91 Å². The molecule has 0 fully saturated rings. The van der Waals surface area contributed by atoms with Crippen molar-refractivity contribution in [3.63, 3.8) is 0 Å². The van der Waals surface area contributed by atoms with Crippen LogP contribution in [0.25, 0.3) is 10.9 Å². The van der Waals surface area contributed by atoms with Crippen LogP contribution < -0.4 is 15.5 Å². The predicted octanol–water partition coefficient (Wildman–Crippen LogP) is 5.65. The number of halogens is 1. The molecule has 4 aromatic rings. The van der Waals surface area contributed by atoms with Crippen LogP contribution in [0, 0.1) is 0 Å². The predicted molar refractivity (Wildman–Crippen MR) is 122 cm³/mol. The van der Waals surface area contributed by atoms with Gasteiger partial charge in [-0.15, -0.1) is 0 Å². The van der Waals surface area contributed by atoms with Crippen LogP contribution in [0.2, 0.25) is 5.02 Å². The normalized spacial score (nSPS) is 12.5. The molecule has 0 bridgehead atoms. The van der Waals surface area contributed by atoms with Gasteiger partial charge in [0.2, 0.25) is 5.43 Å². The molecule has 0 unspecified atom stereocenters. The molecule has 6 heteroatoms. The van der Waals surface area contributed by atoms with Gasteiger partial charge in [0.05, 0.1) is 11.2 Å². The topological polar surface area (TPSA) is 60.3 Å². The molecule has 0 aliphatic carbocycles. The molecule has 1 aromatic heterocycles. The van der Waals surface area contributed by atoms with Gasteiger partial charge in [-0.1, -0.05) is 41.9 Å². The van der Waals surface area contributed by atoms with Crippen molar-refractivity contribution in [3.8, 4) is 11.5 Å². The van der Waals surface area contributed by atoms with Gasteiger partial charge < -0.3 is 14.6 Å². The maximum absolute atomic E-state index is 13.1. The van der Waals surface area contributed by atoms with Gasteiger partial charge in [-0.3, -0.25) is 9.59 Å². The summed E-state index contributed by atoms with van der Waals surface area (Å²) in [7, 11) is 0. The standard InChI is InChI=1S/C25H19ClN2O3/c26-17-11-12-22(31-18-8-2-1-3-9-18)21(14-17)27-25(30)20-15-28-13-5-7-16-6-4-10-19(23(16)28)24(20)29/h1-4,6,8-12,14-15H,5,7,13H2,(H,27,30). The van der Waals surface area contributed by atoms with Crippen molar-refractivity contribution in [2.24, 2.45) is 0 Å². The van der Waals surface area contributed by atoms with Crippen molar-refractivity contribution in [3.05, 3.63) is 99.3 Å². The second-order valence-corrected chi connectivity index (χ2v) is 7.93. The van der Waals surface area contributed by atoms with Crippen LogP contribution in [0.5, 0.6) is 11.5 Å². The molecule has 5 rings (SSSR count). The molecule has 0 spiro atoms.